The number of halogens is 3. The first-order chi connectivity index (χ1) is 12.7. The molecule has 1 aromatic heterocycles. The molecule has 0 bridgehead atoms. The van der Waals surface area contributed by atoms with Crippen molar-refractivity contribution in [3.8, 4) is 5.75 Å². The van der Waals surface area contributed by atoms with Crippen molar-refractivity contribution in [3.63, 3.8) is 0 Å². The van der Waals surface area contributed by atoms with Gasteiger partial charge in [0, 0.05) is 16.9 Å². The number of alkyl halides is 3. The Morgan fingerprint density at radius 2 is 2.07 bits per heavy atom. The maximum Gasteiger partial charge on any atom is 0.490 e. The average molecular weight is 387 g/mol. The third-order valence-corrected chi connectivity index (χ3v) is 4.13. The van der Waals surface area contributed by atoms with Crippen LogP contribution in [0.2, 0.25) is 0 Å². The van der Waals surface area contributed by atoms with Gasteiger partial charge in [0.05, 0.1) is 7.11 Å². The highest BCUT2D eigenvalue weighted by Crippen LogP contribution is 2.30. The number of methoxy groups -OCH3 is 1. The highest BCUT2D eigenvalue weighted by atomic mass is 19.4. The van der Waals surface area contributed by atoms with Crippen molar-refractivity contribution < 1.29 is 32.6 Å². The lowest BCUT2D eigenvalue weighted by molar-refractivity contribution is -0.192. The molecule has 2 aromatic rings. The monoisotopic (exact) mass is 387 g/mol. The summed E-state index contributed by atoms with van der Waals surface area (Å²) in [5, 5.41) is 11.2. The van der Waals surface area contributed by atoms with Gasteiger partial charge in [-0.2, -0.15) is 13.2 Å². The number of aromatic nitrogens is 1. The van der Waals surface area contributed by atoms with Gasteiger partial charge in [0.2, 0.25) is 0 Å². The fourth-order valence-electron chi connectivity index (χ4n) is 2.85. The molecule has 1 atom stereocenters. The van der Waals surface area contributed by atoms with E-state index < -0.39 is 12.1 Å². The van der Waals surface area contributed by atoms with Gasteiger partial charge in [-0.25, -0.2) is 4.79 Å². The Morgan fingerprint density at radius 1 is 1.41 bits per heavy atom. The number of ether oxygens (including phenoxy) is 1. The Bertz CT molecular complexity index is 833. The molecular formula is C17H20F3N3O4. The van der Waals surface area contributed by atoms with Crippen molar-refractivity contribution in [3.05, 3.63) is 29.5 Å². The second kappa shape index (κ2) is 8.30. The van der Waals surface area contributed by atoms with Crippen LogP contribution >= 0.6 is 0 Å². The molecule has 1 aromatic carbocycles. The molecule has 2 heterocycles. The smallest absolute Gasteiger partial charge is 0.490 e. The lowest BCUT2D eigenvalue weighted by Crippen LogP contribution is -2.41. The zero-order valence-corrected chi connectivity index (χ0v) is 14.5. The number of aliphatic carboxylic acids is 1. The molecule has 0 aliphatic carbocycles. The fraction of sp³-hybridized carbons (Fsp3) is 0.412. The number of nitrogens with two attached hydrogens (primary N) is 1. The Balaban J connectivity index is 0.000000321. The van der Waals surface area contributed by atoms with E-state index in [1.807, 2.05) is 18.2 Å². The second-order valence-electron chi connectivity index (χ2n) is 6.00. The summed E-state index contributed by atoms with van der Waals surface area (Å²) in [7, 11) is 1.65. The number of amides is 1. The Morgan fingerprint density at radius 3 is 2.63 bits per heavy atom. The maximum atomic E-state index is 12.2. The predicted octanol–water partition coefficient (Wildman–Crippen LogP) is 2.20. The van der Waals surface area contributed by atoms with Crippen LogP contribution in [0.1, 0.15) is 28.9 Å². The summed E-state index contributed by atoms with van der Waals surface area (Å²) in [4.78, 5) is 24.3. The Kier molecular flexibility index (Phi) is 6.32. The number of hydrogen-bond acceptors (Lipinski definition) is 4. The van der Waals surface area contributed by atoms with Crippen molar-refractivity contribution in [1.82, 2.24) is 10.3 Å². The number of hydrogen-bond donors (Lipinski definition) is 4. The summed E-state index contributed by atoms with van der Waals surface area (Å²) >= 11 is 0. The van der Waals surface area contributed by atoms with Gasteiger partial charge in [-0.05, 0) is 49.6 Å². The number of carbonyl (C=O) groups excluding carboxylic acids is 1. The van der Waals surface area contributed by atoms with Crippen LogP contribution in [0, 0.1) is 0 Å². The van der Waals surface area contributed by atoms with E-state index in [0.29, 0.717) is 12.2 Å². The lowest BCUT2D eigenvalue weighted by atomic mass is 9.95. The molecule has 0 radical (unpaired) electrons. The van der Waals surface area contributed by atoms with Gasteiger partial charge in [0.25, 0.3) is 5.91 Å². The number of carboxylic acid groups (broad SMARTS) is 1. The van der Waals surface area contributed by atoms with Crippen LogP contribution in [0.15, 0.2) is 18.2 Å². The van der Waals surface area contributed by atoms with Crippen LogP contribution in [0.3, 0.4) is 0 Å². The molecule has 1 unspecified atom stereocenters. The number of fused-ring (bicyclic) bond motifs is 3. The number of rotatable bonds is 4. The van der Waals surface area contributed by atoms with E-state index >= 15 is 0 Å². The van der Waals surface area contributed by atoms with Crippen molar-refractivity contribution in [1.29, 1.82) is 0 Å². The summed E-state index contributed by atoms with van der Waals surface area (Å²) in [6.45, 7) is 0.654. The Hall–Kier alpha value is -2.75. The topological polar surface area (TPSA) is 117 Å². The SMILES string of the molecule is COc1ccc2[nH]c3c(c2c1)CC(CCCN)NC3=O.O=C(O)C(F)(F)F. The summed E-state index contributed by atoms with van der Waals surface area (Å²) in [6, 6.07) is 6.01. The molecule has 1 aliphatic heterocycles. The molecule has 10 heteroatoms. The molecule has 148 valence electrons. The first-order valence-corrected chi connectivity index (χ1v) is 8.17. The molecule has 27 heavy (non-hydrogen) atoms. The third-order valence-electron chi connectivity index (χ3n) is 4.13. The minimum atomic E-state index is -5.08. The largest absolute Gasteiger partial charge is 0.497 e. The average Bonchev–Trinajstić information content (AvgIpc) is 2.98. The number of carbonyl (C=O) groups is 2. The van der Waals surface area contributed by atoms with E-state index in [9.17, 15) is 18.0 Å². The van der Waals surface area contributed by atoms with E-state index in [0.717, 1.165) is 41.5 Å². The minimum Gasteiger partial charge on any atom is -0.497 e. The van der Waals surface area contributed by atoms with E-state index in [1.54, 1.807) is 7.11 Å². The highest BCUT2D eigenvalue weighted by Gasteiger charge is 2.38. The summed E-state index contributed by atoms with van der Waals surface area (Å²) in [5.41, 5.74) is 8.29. The standard InChI is InChI=1S/C15H19N3O2.C2HF3O2/c1-20-10-4-5-13-11(8-10)12-7-9(3-2-6-16)17-15(19)14(12)18-13;3-2(4,5)1(6)7/h4-5,8-9,18H,2-3,6-7,16H2,1H3,(H,17,19);(H,6,7). The minimum absolute atomic E-state index is 0.0246. The number of aromatic amines is 1. The van der Waals surface area contributed by atoms with Gasteiger partial charge in [0.15, 0.2) is 0 Å². The van der Waals surface area contributed by atoms with Crippen LogP contribution in [0.5, 0.6) is 5.75 Å². The number of H-pyrrole nitrogens is 1. The molecule has 0 fully saturated rings. The normalized spacial score (nSPS) is 16.2. The predicted molar refractivity (Wildman–Crippen MR) is 91.8 cm³/mol. The lowest BCUT2D eigenvalue weighted by Gasteiger charge is -2.23. The third kappa shape index (κ3) is 4.91. The van der Waals surface area contributed by atoms with Gasteiger partial charge in [0.1, 0.15) is 11.4 Å². The molecule has 0 saturated carbocycles. The van der Waals surface area contributed by atoms with Gasteiger partial charge in [-0.15, -0.1) is 0 Å². The fourth-order valence-corrected chi connectivity index (χ4v) is 2.85. The number of carboxylic acids is 1. The summed E-state index contributed by atoms with van der Waals surface area (Å²) < 4.78 is 37.0. The van der Waals surface area contributed by atoms with Crippen molar-refractivity contribution >= 4 is 22.8 Å². The van der Waals surface area contributed by atoms with E-state index in [2.05, 4.69) is 10.3 Å². The first kappa shape index (κ1) is 20.6. The van der Waals surface area contributed by atoms with Gasteiger partial charge < -0.3 is 25.9 Å². The van der Waals surface area contributed by atoms with Crippen LogP contribution in [0.4, 0.5) is 13.2 Å². The molecule has 7 nitrogen and oxygen atoms in total. The molecule has 0 spiro atoms. The summed E-state index contributed by atoms with van der Waals surface area (Å²) in [5.74, 6) is -1.97. The van der Waals surface area contributed by atoms with E-state index in [-0.39, 0.29) is 11.9 Å². The van der Waals surface area contributed by atoms with E-state index in [1.165, 1.54) is 0 Å². The van der Waals surface area contributed by atoms with E-state index in [4.69, 9.17) is 20.4 Å². The molecule has 1 aliphatic rings. The first-order valence-electron chi connectivity index (χ1n) is 8.17. The van der Waals surface area contributed by atoms with Crippen LogP contribution in [-0.4, -0.2) is 47.8 Å². The highest BCUT2D eigenvalue weighted by molar-refractivity contribution is 6.02. The Labute approximate surface area is 152 Å². The molecule has 3 rings (SSSR count). The molecule has 1 amide bonds. The zero-order valence-electron chi connectivity index (χ0n) is 14.5. The number of benzene rings is 1. The quantitative estimate of drug-likeness (QED) is 0.642. The van der Waals surface area contributed by atoms with Crippen LogP contribution in [-0.2, 0) is 11.2 Å². The van der Waals surface area contributed by atoms with Gasteiger partial charge in [-0.3, -0.25) is 4.79 Å². The van der Waals surface area contributed by atoms with Gasteiger partial charge in [-0.1, -0.05) is 0 Å². The second-order valence-corrected chi connectivity index (χ2v) is 6.00. The molecular weight excluding hydrogens is 367 g/mol. The van der Waals surface area contributed by atoms with Crippen molar-refractivity contribution in [2.24, 2.45) is 5.73 Å². The molecule has 0 saturated heterocycles. The van der Waals surface area contributed by atoms with Gasteiger partial charge >= 0.3 is 12.1 Å². The van der Waals surface area contributed by atoms with Crippen LogP contribution in [0.25, 0.3) is 10.9 Å². The summed E-state index contributed by atoms with van der Waals surface area (Å²) in [6.07, 6.45) is -2.40. The number of nitrogens with one attached hydrogen (secondary N) is 2. The van der Waals surface area contributed by atoms with Crippen molar-refractivity contribution in [2.45, 2.75) is 31.5 Å². The maximum absolute atomic E-state index is 12.2. The van der Waals surface area contributed by atoms with Crippen molar-refractivity contribution in [2.75, 3.05) is 13.7 Å². The molecule has 5 N–H and O–H groups in total. The zero-order chi connectivity index (χ0) is 20.2. The van der Waals surface area contributed by atoms with Crippen LogP contribution < -0.4 is 15.8 Å².